The minimum absolute atomic E-state index is 0.0393. The number of rotatable bonds is 5. The Hall–Kier alpha value is -13.9. The number of fused-ring (bicyclic) bond motifs is 24. The average Bonchev–Trinajstić information content (AvgIpc) is 1.62. The second-order valence-electron chi connectivity index (χ2n) is 35.0. The predicted octanol–water partition coefficient (Wildman–Crippen LogP) is 11.7. The first-order valence-electron chi connectivity index (χ1n) is 44.3. The Morgan fingerprint density at radius 2 is 0.828 bits per heavy atom. The number of aromatic nitrogens is 20. The Kier molecular flexibility index (Phi) is 23.1. The molecule has 12 aromatic rings. The maximum absolute atomic E-state index is 13.2. The van der Waals surface area contributed by atoms with Gasteiger partial charge in [-0.1, -0.05) is 6.57 Å². The summed E-state index contributed by atoms with van der Waals surface area (Å²) in [4.78, 5) is 101. The van der Waals surface area contributed by atoms with Crippen molar-refractivity contribution in [2.45, 2.75) is 223 Å². The number of carbonyl (C=O) groups is 4. The Balaban J connectivity index is 0.000000115. The highest BCUT2D eigenvalue weighted by Crippen LogP contribution is 2.44. The summed E-state index contributed by atoms with van der Waals surface area (Å²) in [6.07, 6.45) is 24.9. The van der Waals surface area contributed by atoms with Crippen LogP contribution in [0.15, 0.2) is 100 Å². The number of pyridine rings is 4. The molecule has 0 saturated heterocycles. The maximum Gasteiger partial charge on any atom is 0.260 e. The van der Waals surface area contributed by atoms with Crippen LogP contribution >= 0.6 is 0 Å². The summed E-state index contributed by atoms with van der Waals surface area (Å²) >= 11 is 0. The van der Waals surface area contributed by atoms with Crippen LogP contribution in [0, 0.1) is 34.3 Å². The van der Waals surface area contributed by atoms with Crippen molar-refractivity contribution in [2.24, 2.45) is 48.2 Å². The van der Waals surface area contributed by atoms with E-state index in [9.17, 15) is 19.2 Å². The van der Waals surface area contributed by atoms with Gasteiger partial charge in [-0.2, -0.15) is 35.7 Å². The van der Waals surface area contributed by atoms with E-state index < -0.39 is 0 Å². The molecule has 0 atom stereocenters. The number of hydrogen-bond acceptors (Lipinski definition) is 21. The fraction of sp³-hybridized carbons (Fsp3) is 0.436. The van der Waals surface area contributed by atoms with Crippen LogP contribution in [0.1, 0.15) is 223 Å². The smallest absolute Gasteiger partial charge is 0.260 e. The molecule has 21 rings (SSSR count). The Bertz CT molecular complexity index is 6620. The predicted molar refractivity (Wildman–Crippen MR) is 482 cm³/mol. The molecule has 128 heavy (non-hydrogen) atoms. The van der Waals surface area contributed by atoms with E-state index in [4.69, 9.17) is 71.7 Å². The van der Waals surface area contributed by atoms with Crippen LogP contribution in [-0.2, 0) is 126 Å². The monoisotopic (exact) mass is 1720 g/mol. The van der Waals surface area contributed by atoms with E-state index >= 15 is 0 Å². The second kappa shape index (κ2) is 34.8. The minimum Gasteiger partial charge on any atom is -0.481 e. The van der Waals surface area contributed by atoms with E-state index in [0.717, 1.165) is 200 Å². The molecule has 12 aromatic heterocycles. The highest BCUT2D eigenvalue weighted by Gasteiger charge is 2.37. The van der Waals surface area contributed by atoms with E-state index in [1.54, 1.807) is 41.7 Å². The van der Waals surface area contributed by atoms with Gasteiger partial charge in [0.2, 0.25) is 29.5 Å². The summed E-state index contributed by atoms with van der Waals surface area (Å²) in [5.41, 5.74) is 31.6. The summed E-state index contributed by atoms with van der Waals surface area (Å²) < 4.78 is 20.5. The van der Waals surface area contributed by atoms with Crippen molar-refractivity contribution < 1.29 is 23.9 Å². The molecule has 16 bridgehead atoms. The van der Waals surface area contributed by atoms with Crippen molar-refractivity contribution >= 4 is 52.3 Å². The first-order valence-corrected chi connectivity index (χ1v) is 44.3. The van der Waals surface area contributed by atoms with Gasteiger partial charge in [-0.3, -0.25) is 87.2 Å². The first-order chi connectivity index (χ1) is 61.8. The van der Waals surface area contributed by atoms with Crippen LogP contribution in [0.25, 0.3) is 49.4 Å². The lowest BCUT2D eigenvalue weighted by atomic mass is 9.98. The number of aliphatic imine (C=N–C) groups is 4. The number of methoxy groups -OCH3 is 1. The van der Waals surface area contributed by atoms with Crippen molar-refractivity contribution in [2.75, 3.05) is 20.7 Å². The zero-order valence-electron chi connectivity index (χ0n) is 75.5. The number of carbonyl (C=O) groups excluding carboxylic acids is 4. The molecule has 34 heteroatoms. The lowest BCUT2D eigenvalue weighted by molar-refractivity contribution is -0.134. The molecule has 4 amide bonds. The van der Waals surface area contributed by atoms with Crippen LogP contribution in [0.3, 0.4) is 0 Å². The third kappa shape index (κ3) is 16.3. The summed E-state index contributed by atoms with van der Waals surface area (Å²) in [6, 6.07) is 8.67. The largest absolute Gasteiger partial charge is 0.481 e. The molecule has 0 unspecified atom stereocenters. The number of amides is 4. The lowest BCUT2D eigenvalue weighted by Crippen LogP contribution is -2.36. The average molecular weight is 1720 g/mol. The van der Waals surface area contributed by atoms with Gasteiger partial charge in [-0.05, 0) is 131 Å². The van der Waals surface area contributed by atoms with Crippen LogP contribution < -0.4 is 4.74 Å². The molecule has 34 nitrogen and oxygen atoms in total. The molecule has 9 aliphatic rings. The first kappa shape index (κ1) is 84.9. The van der Waals surface area contributed by atoms with Crippen molar-refractivity contribution in [1.82, 2.24) is 118 Å². The molecule has 1 fully saturated rings. The molecule has 0 N–H and O–H groups in total. The van der Waals surface area contributed by atoms with Crippen LogP contribution in [-0.4, -0.2) is 197 Å². The quantitative estimate of drug-likeness (QED) is 0.144. The van der Waals surface area contributed by atoms with Crippen molar-refractivity contribution in [3.8, 4) is 50.4 Å². The summed E-state index contributed by atoms with van der Waals surface area (Å²) in [5, 5.41) is 37.7. The molecule has 1 aliphatic carbocycles. The fourth-order valence-electron chi connectivity index (χ4n) is 18.6. The van der Waals surface area contributed by atoms with Gasteiger partial charge in [0.05, 0.1) is 158 Å². The van der Waals surface area contributed by atoms with Gasteiger partial charge >= 0.3 is 0 Å². The summed E-state index contributed by atoms with van der Waals surface area (Å²) in [7, 11) is 10.9. The van der Waals surface area contributed by atoms with Gasteiger partial charge in [0.15, 0.2) is 0 Å². The SMILES string of the molecule is CCN1Cc2nn(C)cc2-c2cnc3c(c2)C(=NC3)c2cn(nc2C2CC2)CCCC1=O.COc1c2c(nn1C)CN(C(C)C)C(=O)CCCn1cc(c(C)n1)C1=NCc3ncc-2cc31.Cc1nn2cc1C1=NCc3ncc(cc31)-c1c(nn(C)c1C)CN(C(C)C)C(=O)CCC2.[C-]#[N+]c1c2c(nn1C)CN(C)C(=O)CCCn1cc(c(C)n1)C1=NCc3ncc-2cc31. The number of ether oxygens (including phenoxy) is 1. The second-order valence-corrected chi connectivity index (χ2v) is 35.0. The van der Waals surface area contributed by atoms with Gasteiger partial charge in [-0.15, -0.1) is 5.10 Å². The maximum atomic E-state index is 13.2. The Morgan fingerprint density at radius 1 is 0.422 bits per heavy atom. The van der Waals surface area contributed by atoms with Gasteiger partial charge < -0.3 is 29.2 Å². The number of hydrogen-bond donors (Lipinski definition) is 0. The van der Waals surface area contributed by atoms with Gasteiger partial charge in [-0.25, -0.2) is 9.36 Å². The third-order valence-corrected chi connectivity index (χ3v) is 25.5. The van der Waals surface area contributed by atoms with Crippen molar-refractivity contribution in [1.29, 1.82) is 0 Å². The molecule has 0 spiro atoms. The van der Waals surface area contributed by atoms with Crippen LogP contribution in [0.5, 0.6) is 5.88 Å². The molecule has 0 aromatic carbocycles. The third-order valence-electron chi connectivity index (χ3n) is 25.5. The van der Waals surface area contributed by atoms with Gasteiger partial charge in [0.1, 0.15) is 5.69 Å². The number of nitrogens with zero attached hydrogens (tertiary/aromatic N) is 29. The Morgan fingerprint density at radius 3 is 1.30 bits per heavy atom. The highest BCUT2D eigenvalue weighted by atomic mass is 16.5. The van der Waals surface area contributed by atoms with E-state index in [1.165, 1.54) is 12.8 Å². The van der Waals surface area contributed by atoms with Crippen molar-refractivity contribution in [3.05, 3.63) is 210 Å². The fourth-order valence-corrected chi connectivity index (χ4v) is 18.6. The summed E-state index contributed by atoms with van der Waals surface area (Å²) in [5.74, 6) is 2.05. The number of aryl methyl sites for hydroxylation is 11. The zero-order chi connectivity index (χ0) is 89.4. The molecule has 658 valence electrons. The van der Waals surface area contributed by atoms with Crippen molar-refractivity contribution in [3.63, 3.8) is 0 Å². The normalized spacial score (nSPS) is 16.5. The van der Waals surface area contributed by atoms with E-state index in [1.807, 2.05) is 149 Å². The lowest BCUT2D eigenvalue weighted by Gasteiger charge is -2.26. The molecule has 20 heterocycles. The van der Waals surface area contributed by atoms with E-state index in [-0.39, 0.29) is 35.7 Å². The molecule has 1 saturated carbocycles. The highest BCUT2D eigenvalue weighted by molar-refractivity contribution is 6.18. The van der Waals surface area contributed by atoms with E-state index in [2.05, 4.69) is 76.5 Å². The molecule has 8 aliphatic heterocycles. The molecular formula is C94H107N29O5. The van der Waals surface area contributed by atoms with Gasteiger partial charge in [0.25, 0.3) is 5.82 Å². The topological polar surface area (TPSA) is 338 Å². The standard InChI is InChI=1S/C24H29N7O2.C24H27N7O.C24H29N7O.C22H22N8O/c1-14(2)31-13-20-22(24(33-5)29(4)28-20)16-9-17-19(25-10-16)11-26-23(17)18-12-30(27-15(18)3)8-6-7-21(31)32;1-3-30-14-21-18(12-29(2)27-21)16-9-17-20(25-10-16)11-26-24(17)19-13-31(8-4-5-22(30)32)28-23(19)15-6-7-15;1-14(2)31-13-21-23(16(4)29(5)28-21)17-9-18-20(25-10-17)11-26-24(18)19-12-30(27-15(19)3)8-6-7-22(31)32;1-13-16-11-30(26-13)7-5-6-19(31)28(3)12-18-20(22(23-2)29(4)27-18)14-8-15-17(24-9-14)10-25-21(15)16/h9-10,12,14H,6-8,11,13H2,1-5H3;9-10,12-13,15H,3-8,11,14H2,1-2H3;9-10,12,14H,6-8,11,13H2,1-5H3;8-9,11H,5-7,10,12H2,1,3-4H3. The van der Waals surface area contributed by atoms with Gasteiger partial charge in [0, 0.05) is 244 Å². The molecular weight excluding hydrogens is 1620 g/mol. The Labute approximate surface area is 742 Å². The van der Waals surface area contributed by atoms with Crippen LogP contribution in [0.4, 0.5) is 5.82 Å². The zero-order valence-corrected chi connectivity index (χ0v) is 75.5. The van der Waals surface area contributed by atoms with Crippen LogP contribution in [0.2, 0.25) is 0 Å². The minimum atomic E-state index is 0.0393. The molecule has 0 radical (unpaired) electrons. The van der Waals surface area contributed by atoms with E-state index in [0.29, 0.717) is 140 Å². The summed E-state index contributed by atoms with van der Waals surface area (Å²) in [6.45, 7) is 33.4.